The van der Waals surface area contributed by atoms with E-state index in [-0.39, 0.29) is 5.97 Å². The van der Waals surface area contributed by atoms with E-state index in [0.717, 1.165) is 31.6 Å². The van der Waals surface area contributed by atoms with Crippen molar-refractivity contribution in [3.05, 3.63) is 24.0 Å². The zero-order chi connectivity index (χ0) is 12.1. The van der Waals surface area contributed by atoms with E-state index in [9.17, 15) is 4.79 Å². The highest BCUT2D eigenvalue weighted by Gasteiger charge is 2.17. The van der Waals surface area contributed by atoms with E-state index in [4.69, 9.17) is 4.74 Å². The van der Waals surface area contributed by atoms with Gasteiger partial charge in [0.2, 0.25) is 0 Å². The number of carbonyl (C=O) groups excluding carboxylic acids is 1. The molecule has 5 heteroatoms. The number of methoxy groups -OCH3 is 1. The third-order valence-electron chi connectivity index (χ3n) is 2.93. The van der Waals surface area contributed by atoms with Crippen molar-refractivity contribution in [1.82, 2.24) is 10.3 Å². The minimum absolute atomic E-state index is 0.352. The molecule has 1 aliphatic heterocycles. The van der Waals surface area contributed by atoms with Gasteiger partial charge in [-0.25, -0.2) is 4.79 Å². The van der Waals surface area contributed by atoms with E-state index in [1.165, 1.54) is 13.3 Å². The Morgan fingerprint density at radius 3 is 3.00 bits per heavy atom. The summed E-state index contributed by atoms with van der Waals surface area (Å²) in [5, 5.41) is 6.69. The molecular weight excluding hydrogens is 218 g/mol. The molecular formula is C12H17N3O2. The highest BCUT2D eigenvalue weighted by atomic mass is 16.5. The molecule has 1 aliphatic rings. The monoisotopic (exact) mass is 235 g/mol. The van der Waals surface area contributed by atoms with Gasteiger partial charge < -0.3 is 15.4 Å². The molecule has 1 fully saturated rings. The lowest BCUT2D eigenvalue weighted by atomic mass is 10.1. The Bertz CT molecular complexity index is 389. The maximum atomic E-state index is 11.6. The summed E-state index contributed by atoms with van der Waals surface area (Å²) in [5.74, 6) is -0.352. The normalized spacial score (nSPS) is 16.5. The van der Waals surface area contributed by atoms with Crippen LogP contribution < -0.4 is 10.6 Å². The summed E-state index contributed by atoms with van der Waals surface area (Å²) in [6, 6.07) is 2.22. The van der Waals surface area contributed by atoms with Gasteiger partial charge in [0.25, 0.3) is 0 Å². The van der Waals surface area contributed by atoms with Gasteiger partial charge in [0.1, 0.15) is 5.56 Å². The first-order valence-electron chi connectivity index (χ1n) is 5.81. The molecule has 0 aliphatic carbocycles. The molecule has 0 saturated carbocycles. The largest absolute Gasteiger partial charge is 0.465 e. The van der Waals surface area contributed by atoms with Crippen molar-refractivity contribution in [3.63, 3.8) is 0 Å². The third-order valence-corrected chi connectivity index (χ3v) is 2.93. The number of esters is 1. The molecule has 0 unspecified atom stereocenters. The number of hydrogen-bond acceptors (Lipinski definition) is 5. The molecule has 1 aromatic rings. The maximum absolute atomic E-state index is 11.6. The predicted molar refractivity (Wildman–Crippen MR) is 65.1 cm³/mol. The fourth-order valence-corrected chi connectivity index (χ4v) is 1.98. The fraction of sp³-hybridized carbons (Fsp3) is 0.500. The summed E-state index contributed by atoms with van der Waals surface area (Å²) in [4.78, 5) is 15.5. The lowest BCUT2D eigenvalue weighted by molar-refractivity contribution is 0.0601. The molecule has 5 nitrogen and oxygen atoms in total. The molecule has 92 valence electrons. The van der Waals surface area contributed by atoms with Gasteiger partial charge >= 0.3 is 5.97 Å². The van der Waals surface area contributed by atoms with Crippen LogP contribution in [0.15, 0.2) is 18.5 Å². The topological polar surface area (TPSA) is 63.2 Å². The van der Waals surface area contributed by atoms with Crippen LogP contribution in [0.3, 0.4) is 0 Å². The van der Waals surface area contributed by atoms with Gasteiger partial charge in [-0.05, 0) is 32.0 Å². The Morgan fingerprint density at radius 1 is 1.53 bits per heavy atom. The first-order chi connectivity index (χ1) is 8.31. The second-order valence-corrected chi connectivity index (χ2v) is 4.08. The highest BCUT2D eigenvalue weighted by molar-refractivity contribution is 5.95. The van der Waals surface area contributed by atoms with Gasteiger partial charge in [-0.2, -0.15) is 0 Å². The molecule has 0 radical (unpaired) electrons. The average molecular weight is 235 g/mol. The van der Waals surface area contributed by atoms with Crippen LogP contribution in [-0.2, 0) is 4.74 Å². The van der Waals surface area contributed by atoms with Gasteiger partial charge in [0, 0.05) is 18.4 Å². The zero-order valence-electron chi connectivity index (χ0n) is 9.90. The number of hydrogen-bond donors (Lipinski definition) is 2. The number of pyridine rings is 1. The van der Waals surface area contributed by atoms with E-state index in [0.29, 0.717) is 11.6 Å². The molecule has 0 spiro atoms. The van der Waals surface area contributed by atoms with Crippen LogP contribution in [0.4, 0.5) is 5.69 Å². The molecule has 1 saturated heterocycles. The first kappa shape index (κ1) is 11.9. The lowest BCUT2D eigenvalue weighted by Gasteiger charge is -2.25. The summed E-state index contributed by atoms with van der Waals surface area (Å²) in [7, 11) is 1.38. The predicted octanol–water partition coefficient (Wildman–Crippen LogP) is 1.03. The summed E-state index contributed by atoms with van der Waals surface area (Å²) >= 11 is 0. The minimum Gasteiger partial charge on any atom is -0.465 e. The molecule has 2 heterocycles. The Morgan fingerprint density at radius 2 is 2.29 bits per heavy atom. The van der Waals surface area contributed by atoms with Gasteiger partial charge in [0.15, 0.2) is 0 Å². The Kier molecular flexibility index (Phi) is 3.93. The van der Waals surface area contributed by atoms with Gasteiger partial charge in [0.05, 0.1) is 12.8 Å². The number of piperidine rings is 1. The summed E-state index contributed by atoms with van der Waals surface area (Å²) in [5.41, 5.74) is 1.30. The third kappa shape index (κ3) is 2.94. The quantitative estimate of drug-likeness (QED) is 0.766. The molecule has 0 amide bonds. The number of rotatable bonds is 3. The number of nitrogens with zero attached hydrogens (tertiary/aromatic N) is 1. The Hall–Kier alpha value is -1.62. The van der Waals surface area contributed by atoms with Crippen molar-refractivity contribution in [3.8, 4) is 0 Å². The highest BCUT2D eigenvalue weighted by Crippen LogP contribution is 2.18. The summed E-state index contributed by atoms with van der Waals surface area (Å²) in [6.45, 7) is 2.02. The van der Waals surface area contributed by atoms with Gasteiger partial charge in [-0.15, -0.1) is 0 Å². The van der Waals surface area contributed by atoms with E-state index >= 15 is 0 Å². The smallest absolute Gasteiger partial charge is 0.341 e. The molecule has 17 heavy (non-hydrogen) atoms. The molecule has 0 aromatic carbocycles. The summed E-state index contributed by atoms with van der Waals surface area (Å²) < 4.78 is 4.73. The van der Waals surface area contributed by atoms with Crippen molar-refractivity contribution in [2.45, 2.75) is 18.9 Å². The van der Waals surface area contributed by atoms with E-state index in [1.54, 1.807) is 6.20 Å². The number of carbonyl (C=O) groups is 1. The van der Waals surface area contributed by atoms with Crippen molar-refractivity contribution >= 4 is 11.7 Å². The van der Waals surface area contributed by atoms with Gasteiger partial charge in [-0.3, -0.25) is 4.98 Å². The van der Waals surface area contributed by atoms with Crippen molar-refractivity contribution in [2.75, 3.05) is 25.5 Å². The summed E-state index contributed by atoms with van der Waals surface area (Å²) in [6.07, 6.45) is 5.33. The van der Waals surface area contributed by atoms with Crippen LogP contribution in [0, 0.1) is 0 Å². The number of aromatic nitrogens is 1. The zero-order valence-corrected chi connectivity index (χ0v) is 9.90. The van der Waals surface area contributed by atoms with Crippen LogP contribution in [0.2, 0.25) is 0 Å². The SMILES string of the molecule is COC(=O)c1cnccc1NC1CCNCC1. The first-order valence-corrected chi connectivity index (χ1v) is 5.81. The second-order valence-electron chi connectivity index (χ2n) is 4.08. The maximum Gasteiger partial charge on any atom is 0.341 e. The van der Waals surface area contributed by atoms with Crippen molar-refractivity contribution < 1.29 is 9.53 Å². The molecule has 2 rings (SSSR count). The fourth-order valence-electron chi connectivity index (χ4n) is 1.98. The van der Waals surface area contributed by atoms with E-state index < -0.39 is 0 Å². The number of nitrogens with one attached hydrogen (secondary N) is 2. The standard InChI is InChI=1S/C12H17N3O2/c1-17-12(16)10-8-14-7-4-11(10)15-9-2-5-13-6-3-9/h4,7-9,13H,2-3,5-6H2,1H3,(H,14,15). The molecule has 1 aromatic heterocycles. The van der Waals surface area contributed by atoms with Crippen molar-refractivity contribution in [1.29, 1.82) is 0 Å². The average Bonchev–Trinajstić information content (AvgIpc) is 2.40. The number of ether oxygens (including phenoxy) is 1. The van der Waals surface area contributed by atoms with Crippen LogP contribution in [-0.4, -0.2) is 37.2 Å². The van der Waals surface area contributed by atoms with Crippen molar-refractivity contribution in [2.24, 2.45) is 0 Å². The Labute approximate surface area is 101 Å². The Balaban J connectivity index is 2.11. The van der Waals surface area contributed by atoms with Crippen LogP contribution >= 0.6 is 0 Å². The van der Waals surface area contributed by atoms with Crippen LogP contribution in [0.5, 0.6) is 0 Å². The van der Waals surface area contributed by atoms with E-state index in [1.807, 2.05) is 6.07 Å². The van der Waals surface area contributed by atoms with Crippen LogP contribution in [0.1, 0.15) is 23.2 Å². The minimum atomic E-state index is -0.352. The number of anilines is 1. The lowest BCUT2D eigenvalue weighted by Crippen LogP contribution is -2.35. The van der Waals surface area contributed by atoms with Gasteiger partial charge in [-0.1, -0.05) is 0 Å². The van der Waals surface area contributed by atoms with Crippen LogP contribution in [0.25, 0.3) is 0 Å². The molecule has 2 N–H and O–H groups in total. The molecule has 0 atom stereocenters. The second kappa shape index (κ2) is 5.63. The van der Waals surface area contributed by atoms with E-state index in [2.05, 4.69) is 15.6 Å². The molecule has 0 bridgehead atoms.